The minimum atomic E-state index is -0.758. The van der Waals surface area contributed by atoms with Crippen molar-refractivity contribution < 1.29 is 14.4 Å². The van der Waals surface area contributed by atoms with Gasteiger partial charge in [0, 0.05) is 72.3 Å². The fourth-order valence-corrected chi connectivity index (χ4v) is 43.5. The highest BCUT2D eigenvalue weighted by atomic mass is 16.1. The Morgan fingerprint density at radius 3 is 1.12 bits per heavy atom. The highest BCUT2D eigenvalue weighted by Gasteiger charge is 3.12. The lowest BCUT2D eigenvalue weighted by atomic mass is 9.42. The van der Waals surface area contributed by atoms with Gasteiger partial charge < -0.3 is 0 Å². The van der Waals surface area contributed by atoms with Gasteiger partial charge in [-0.2, -0.15) is 0 Å². The van der Waals surface area contributed by atoms with Crippen molar-refractivity contribution in [1.82, 2.24) is 0 Å². The van der Waals surface area contributed by atoms with Crippen molar-refractivity contribution in [1.29, 1.82) is 0 Å². The summed E-state index contributed by atoms with van der Waals surface area (Å²) < 4.78 is 0. The molecule has 125 heavy (non-hydrogen) atoms. The molecule has 20 aliphatic carbocycles. The van der Waals surface area contributed by atoms with Crippen LogP contribution in [0.5, 0.6) is 0 Å². The zero-order valence-electron chi connectivity index (χ0n) is 65.3. The first kappa shape index (κ1) is 53.4. The largest absolute Gasteiger partial charge is 0.294 e. The van der Waals surface area contributed by atoms with E-state index in [9.17, 15) is 0 Å². The summed E-state index contributed by atoms with van der Waals surface area (Å²) in [7, 11) is 0. The minimum Gasteiger partial charge on any atom is -0.294 e. The predicted molar refractivity (Wildman–Crippen MR) is 499 cm³/mol. The Morgan fingerprint density at radius 2 is 0.576 bits per heavy atom. The summed E-state index contributed by atoms with van der Waals surface area (Å²) in [5, 5.41) is 68.1. The number of carbonyl (C=O) groups excluding carboxylic acids is 3. The molecule has 0 aromatic heterocycles. The van der Waals surface area contributed by atoms with Crippen molar-refractivity contribution >= 4 is 287 Å². The number of hydrogen-bond donors (Lipinski definition) is 0. The number of fused-ring (bicyclic) bond motifs is 15. The van der Waals surface area contributed by atoms with Crippen molar-refractivity contribution in [3.05, 3.63) is 295 Å². The lowest BCUT2D eigenvalue weighted by molar-refractivity contribution is 0.0780. The van der Waals surface area contributed by atoms with Crippen LogP contribution in [0.3, 0.4) is 0 Å². The number of hydrogen-bond acceptors (Lipinski definition) is 3. The van der Waals surface area contributed by atoms with E-state index in [0.717, 1.165) is 32.8 Å². The lowest BCUT2D eigenvalue weighted by Crippen LogP contribution is -2.57. The van der Waals surface area contributed by atoms with Gasteiger partial charge in [-0.05, 0) is 400 Å². The van der Waals surface area contributed by atoms with Crippen LogP contribution in [0.1, 0.15) is 121 Å². The van der Waals surface area contributed by atoms with E-state index in [4.69, 9.17) is 0 Å². The van der Waals surface area contributed by atoms with E-state index in [1.165, 1.54) is 217 Å². The summed E-state index contributed by atoms with van der Waals surface area (Å²) in [5.41, 5.74) is 28.7. The Bertz CT molecular complexity index is 11700. The van der Waals surface area contributed by atoms with Gasteiger partial charge in [0.05, 0.1) is 17.3 Å². The van der Waals surface area contributed by atoms with Crippen LogP contribution >= 0.6 is 0 Å². The Balaban J connectivity index is 0.671. The van der Waals surface area contributed by atoms with Gasteiger partial charge in [0.25, 0.3) is 0 Å². The molecule has 0 N–H and O–H groups in total. The molecule has 546 valence electrons. The number of ketones is 3. The SMILES string of the molecule is O=C(c1ccc2c(ccc3c4ccccc4ccc23)c1)C1C23C4=C5c6c7c8c9c%10c6C12c1c-%10c2c6c%10c%11c%12c%13c(c-8c8c%14c%15c%16c%17c%18c%19c(c4c4c3c3c1c6c1c3c3c4c%19c4c%17c6c%16c(c%14%13)c%12c%12c%10c1c(c34)c6%12)C13C5C74C8C%15(C5C4C51C(=O)c1ccc4c(ccc5c6ccccc6ccc45)c1)C%183)C91C(C(=O)c3ccc4c(ccc5c6ccccc6ccc45)c3)C2%111. The predicted octanol–water partition coefficient (Wildman–Crippen LogP) is 27.3. The summed E-state index contributed by atoms with van der Waals surface area (Å²) >= 11 is 0. The van der Waals surface area contributed by atoms with Crippen molar-refractivity contribution in [2.75, 3.05) is 0 Å². The molecule has 15 unspecified atom stereocenters. The van der Waals surface area contributed by atoms with Crippen LogP contribution in [-0.4, -0.2) is 17.3 Å². The molecule has 6 fully saturated rings. The smallest absolute Gasteiger partial charge is 0.170 e. The van der Waals surface area contributed by atoms with E-state index < -0.39 is 49.7 Å². The zero-order valence-corrected chi connectivity index (χ0v) is 65.3. The number of rotatable bonds is 6. The molecule has 0 heterocycles. The number of carbonyl (C=O) groups is 3. The quantitative estimate of drug-likeness (QED) is 0.123. The van der Waals surface area contributed by atoms with E-state index in [-0.39, 0.29) is 35.0 Å². The summed E-state index contributed by atoms with van der Waals surface area (Å²) in [4.78, 5) is 56.8. The molecule has 29 aromatic rings. The maximum atomic E-state index is 19.2. The van der Waals surface area contributed by atoms with E-state index in [1.807, 2.05) is 0 Å². The molecule has 3 heteroatoms. The van der Waals surface area contributed by atoms with Crippen LogP contribution in [-0.2, 0) is 37.9 Å². The number of benzene rings is 24. The van der Waals surface area contributed by atoms with E-state index in [0.29, 0.717) is 17.3 Å². The molecule has 20 aliphatic rings. The van der Waals surface area contributed by atoms with Crippen molar-refractivity contribution in [2.45, 2.75) is 49.7 Å². The first-order valence-electron chi connectivity index (χ1n) is 46.3. The molecular weight excluding hydrogens is 1510 g/mol. The average molecular weight is 1550 g/mol. The second kappa shape index (κ2) is 13.5. The van der Waals surface area contributed by atoms with Gasteiger partial charge in [-0.1, -0.05) is 182 Å². The van der Waals surface area contributed by atoms with Crippen molar-refractivity contribution in [3.8, 4) is 22.3 Å². The third-order valence-corrected chi connectivity index (χ3v) is 43.9. The fourth-order valence-electron chi connectivity index (χ4n) is 43.5. The molecule has 0 saturated heterocycles. The standard InChI is InChI=1S/C122H40O3/c123-105(40-19-22-46-37(31-40)16-28-49-43-10-4-1-7-34(43)13-25-52(46)49)110-117-96-76-69-62-56-55-57-59-61-58(56)66-65(69)73-79(76)98-85-87-82(73)94-75(66)74(61)86-83-70(59)71-63(57)68-64-60(55)67(62)77(96)80-72(64)81-78(68)97-84(71)89-101(83)121-108(86)115(94)107(87)116(113-112(115)122(113,121)114(125)42-21-24-48-39(33-42)18-30-51-45-12-6-3-9-36(45)15-27-54(48)51)95-88(85)102(118(98,110)117)91-90(99(80)117)100(81)120-103(91)92(95)93(109(116)121)104(89)119(97,120)111(120)106(124)41-20-23-47-38(32-41)17-29-50-44-11-5-2-8-35(44)14-26-53(47)50/h1-33,107-113H. The maximum absolute atomic E-state index is 19.2. The van der Waals surface area contributed by atoms with E-state index in [1.54, 1.807) is 137 Å². The molecule has 3 nitrogen and oxygen atoms in total. The first-order chi connectivity index (χ1) is 61.9. The van der Waals surface area contributed by atoms with Gasteiger partial charge in [0.2, 0.25) is 0 Å². The summed E-state index contributed by atoms with van der Waals surface area (Å²) in [6.07, 6.45) is 0. The van der Waals surface area contributed by atoms with Gasteiger partial charge in [-0.3, -0.25) is 14.4 Å². The number of allylic oxidation sites excluding steroid dienone is 2. The normalized spacial score (nSPS) is 31.4. The Morgan fingerprint density at radius 1 is 0.224 bits per heavy atom. The molecule has 0 radical (unpaired) electrons. The van der Waals surface area contributed by atoms with Crippen LogP contribution in [0.4, 0.5) is 0 Å². The monoisotopic (exact) mass is 1550 g/mol. The summed E-state index contributed by atoms with van der Waals surface area (Å²) in [5.74, 6) is 0.523. The van der Waals surface area contributed by atoms with Crippen LogP contribution in [0.2, 0.25) is 0 Å². The third-order valence-electron chi connectivity index (χ3n) is 43.9. The maximum Gasteiger partial charge on any atom is 0.170 e. The van der Waals surface area contributed by atoms with Gasteiger partial charge >= 0.3 is 0 Å². The highest BCUT2D eigenvalue weighted by molar-refractivity contribution is 6.73. The molecule has 49 rings (SSSR count). The van der Waals surface area contributed by atoms with Gasteiger partial charge in [-0.25, -0.2) is 0 Å². The zero-order chi connectivity index (χ0) is 77.1. The second-order valence-electron chi connectivity index (χ2n) is 44.5. The average Bonchev–Trinajstić information content (AvgIpc) is 1.32. The van der Waals surface area contributed by atoms with Crippen LogP contribution < -0.4 is 0 Å². The summed E-state index contributed by atoms with van der Waals surface area (Å²) in [6, 6.07) is 75.5. The third kappa shape index (κ3) is 3.42. The van der Waals surface area contributed by atoms with Crippen molar-refractivity contribution in [2.24, 2.45) is 35.0 Å². The van der Waals surface area contributed by atoms with Crippen LogP contribution in [0.15, 0.2) is 200 Å². The fraction of sp³-hybridized carbons (Fsp3) is 0.123. The van der Waals surface area contributed by atoms with E-state index in [2.05, 4.69) is 200 Å². The molecule has 0 aliphatic heterocycles. The first-order valence-corrected chi connectivity index (χ1v) is 46.3. The van der Waals surface area contributed by atoms with Crippen LogP contribution in [0, 0.1) is 35.0 Å². The molecule has 0 amide bonds. The van der Waals surface area contributed by atoms with Gasteiger partial charge in [0.15, 0.2) is 17.3 Å². The Kier molecular flexibility index (Phi) is 5.75. The molecule has 6 saturated carbocycles. The van der Waals surface area contributed by atoms with Crippen LogP contribution in [0.25, 0.3) is 292 Å². The second-order valence-corrected chi connectivity index (χ2v) is 44.5. The number of Topliss-reactive ketones (excluding diaryl/α,β-unsaturated/α-hetero) is 3. The van der Waals surface area contributed by atoms with E-state index >= 15 is 14.4 Å². The van der Waals surface area contributed by atoms with Crippen molar-refractivity contribution in [3.63, 3.8) is 0 Å². The topological polar surface area (TPSA) is 51.2 Å². The molecule has 7 spiro atoms. The van der Waals surface area contributed by atoms with Gasteiger partial charge in [0.1, 0.15) is 0 Å². The molecule has 15 atom stereocenters. The minimum absolute atomic E-state index is 0.00262. The lowest BCUT2D eigenvalue weighted by Gasteiger charge is -2.59. The Hall–Kier alpha value is -14.5. The summed E-state index contributed by atoms with van der Waals surface area (Å²) in [6.45, 7) is 0. The molecular formula is C122H40O3. The molecule has 29 aromatic carbocycles. The molecule has 0 bridgehead atoms. The van der Waals surface area contributed by atoms with Gasteiger partial charge in [-0.15, -0.1) is 0 Å². The Labute approximate surface area is 698 Å². The highest BCUT2D eigenvalue weighted by Crippen LogP contribution is 3.14.